The van der Waals surface area contributed by atoms with Gasteiger partial charge in [-0.15, -0.1) is 68.1 Å². The Morgan fingerprint density at radius 1 is 0.553 bits per heavy atom. The number of halogens is 2. The Hall–Kier alpha value is -2.44. The van der Waals surface area contributed by atoms with Crippen molar-refractivity contribution < 1.29 is 20.8 Å². The molecule has 0 heterocycles. The number of rotatable bonds is 8. The van der Waals surface area contributed by atoms with Crippen molar-refractivity contribution >= 4 is 38.6 Å². The van der Waals surface area contributed by atoms with E-state index in [0.29, 0.717) is 0 Å². The van der Waals surface area contributed by atoms with E-state index in [9.17, 15) is 0 Å². The predicted octanol–water partition coefficient (Wildman–Crippen LogP) is 14.6. The molecule has 0 aliphatic rings. The van der Waals surface area contributed by atoms with Gasteiger partial charge in [-0.2, -0.15) is 19.1 Å². The summed E-state index contributed by atoms with van der Waals surface area (Å²) >= 11 is -0.826. The first kappa shape index (κ1) is 39.0. The molecule has 0 aliphatic heterocycles. The van der Waals surface area contributed by atoms with Gasteiger partial charge in [0.2, 0.25) is 0 Å². The molecule has 0 N–H and O–H groups in total. The molecule has 6 rings (SSSR count). The van der Waals surface area contributed by atoms with Gasteiger partial charge in [0.25, 0.3) is 0 Å². The normalized spacial score (nSPS) is 10.4. The molecule has 0 unspecified atom stereocenters. The van der Waals surface area contributed by atoms with E-state index in [1.807, 2.05) is 0 Å². The second-order valence-corrected chi connectivity index (χ2v) is 16.0. The van der Waals surface area contributed by atoms with E-state index in [1.54, 1.807) is 6.92 Å². The van der Waals surface area contributed by atoms with Gasteiger partial charge in [0, 0.05) is 0 Å². The van der Waals surface area contributed by atoms with Crippen molar-refractivity contribution in [3.8, 4) is 22.3 Å². The Balaban J connectivity index is 0.000000225. The first-order valence-corrected chi connectivity index (χ1v) is 23.3. The maximum atomic E-state index is 4.93. The van der Waals surface area contributed by atoms with Crippen molar-refractivity contribution in [1.29, 1.82) is 0 Å². The summed E-state index contributed by atoms with van der Waals surface area (Å²) in [5.74, 6) is 0. The molecule has 248 valence electrons. The molecule has 3 heteroatoms. The molecule has 0 bridgehead atoms. The van der Waals surface area contributed by atoms with Crippen LogP contribution in [0.5, 0.6) is 0 Å². The molecular weight excluding hydrogens is 691 g/mol. The molecule has 0 nitrogen and oxygen atoms in total. The van der Waals surface area contributed by atoms with Crippen LogP contribution in [0.4, 0.5) is 0 Å². The van der Waals surface area contributed by atoms with Gasteiger partial charge in [-0.3, -0.25) is 0 Å². The third-order valence-corrected chi connectivity index (χ3v) is 8.69. The summed E-state index contributed by atoms with van der Waals surface area (Å²) in [5, 5.41) is 5.65. The van der Waals surface area contributed by atoms with Crippen LogP contribution in [0.25, 0.3) is 43.8 Å². The van der Waals surface area contributed by atoms with Crippen LogP contribution in [0.1, 0.15) is 79.8 Å². The van der Waals surface area contributed by atoms with Crippen LogP contribution in [0.15, 0.2) is 97.1 Å². The van der Waals surface area contributed by atoms with Crippen molar-refractivity contribution in [2.24, 2.45) is 0 Å². The number of unbranched alkanes of at least 4 members (excludes halogenated alkanes) is 2. The molecule has 0 radical (unpaired) electrons. The maximum absolute atomic E-state index is 4.93. The van der Waals surface area contributed by atoms with E-state index in [1.165, 1.54) is 116 Å². The molecule has 0 saturated heterocycles. The van der Waals surface area contributed by atoms with E-state index in [4.69, 9.17) is 17.0 Å². The predicted molar refractivity (Wildman–Crippen MR) is 209 cm³/mol. The second kappa shape index (κ2) is 20.2. The molecule has 0 fully saturated rings. The Kier molecular flexibility index (Phi) is 16.7. The van der Waals surface area contributed by atoms with Crippen LogP contribution in [-0.2, 0) is 33.7 Å². The summed E-state index contributed by atoms with van der Waals surface area (Å²) in [6.07, 6.45) is 7.44. The van der Waals surface area contributed by atoms with Crippen molar-refractivity contribution in [2.75, 3.05) is 0 Å². The topological polar surface area (TPSA) is 0 Å². The first-order chi connectivity index (χ1) is 22.8. The van der Waals surface area contributed by atoms with Gasteiger partial charge >= 0.3 is 37.9 Å². The van der Waals surface area contributed by atoms with Crippen molar-refractivity contribution in [2.45, 2.75) is 87.0 Å². The quantitative estimate of drug-likeness (QED) is 0.136. The minimum absolute atomic E-state index is 0.826. The zero-order valence-electron chi connectivity index (χ0n) is 29.4. The Bertz CT molecular complexity index is 1650. The van der Waals surface area contributed by atoms with Gasteiger partial charge in [0.1, 0.15) is 0 Å². The minimum atomic E-state index is -0.826. The van der Waals surface area contributed by atoms with Gasteiger partial charge in [0.05, 0.1) is 0 Å². The molecule has 0 aromatic heterocycles. The van der Waals surface area contributed by atoms with E-state index in [-0.39, 0.29) is 0 Å². The fourth-order valence-electron chi connectivity index (χ4n) is 6.03. The number of hydrogen-bond acceptors (Lipinski definition) is 0. The van der Waals surface area contributed by atoms with Gasteiger partial charge in [0.15, 0.2) is 0 Å². The first-order valence-electron chi connectivity index (χ1n) is 17.0. The Morgan fingerprint density at radius 2 is 0.894 bits per heavy atom. The van der Waals surface area contributed by atoms with Gasteiger partial charge in [-0.05, 0) is 37.8 Å². The van der Waals surface area contributed by atoms with Gasteiger partial charge in [-0.25, -0.2) is 0 Å². The standard InChI is InChI=1S/2C21H23.C2H5.2ClH.Zr/c2*1-4-5-6-17-13-20-16(3)9-12-19(21(20)14-17)18-10-7-15(2)8-11-18;1-2;;;/h2*7-14H,4-6H2,1-3H3;1H2,2H3;2*1H;/q3*-1;;;+2/p-2. The summed E-state index contributed by atoms with van der Waals surface area (Å²) < 4.78 is 0. The summed E-state index contributed by atoms with van der Waals surface area (Å²) in [5.41, 5.74) is 13.7. The number of benzene rings is 4. The molecule has 0 atom stereocenters. The van der Waals surface area contributed by atoms with Crippen LogP contribution in [0, 0.1) is 34.6 Å². The van der Waals surface area contributed by atoms with E-state index in [0.717, 1.165) is 0 Å². The molecule has 0 spiro atoms. The van der Waals surface area contributed by atoms with Crippen molar-refractivity contribution in [3.63, 3.8) is 0 Å². The number of hydrogen-bond donors (Lipinski definition) is 0. The van der Waals surface area contributed by atoms with Gasteiger partial charge < -0.3 is 6.92 Å². The third kappa shape index (κ3) is 10.8. The monoisotopic (exact) mass is 739 g/mol. The van der Waals surface area contributed by atoms with Crippen LogP contribution in [-0.4, -0.2) is 0 Å². The molecular formula is C44H51Cl2Zr-3. The second-order valence-electron chi connectivity index (χ2n) is 12.3. The van der Waals surface area contributed by atoms with Crippen LogP contribution in [0.2, 0.25) is 0 Å². The zero-order valence-corrected chi connectivity index (χ0v) is 33.4. The van der Waals surface area contributed by atoms with Crippen LogP contribution >= 0.6 is 17.0 Å². The van der Waals surface area contributed by atoms with E-state index in [2.05, 4.69) is 146 Å². The van der Waals surface area contributed by atoms with Crippen LogP contribution < -0.4 is 0 Å². The molecule has 0 amide bonds. The molecule has 6 aromatic rings. The average molecular weight is 742 g/mol. The SMILES string of the molecule is CCCCc1cc2c(-c3ccc(C)cc3)ccc(C)c2[cH-]1.CCCCc1cc2c(-c3ccc(C)cc3)ccc(C)c2[cH-]1.[CH2-]C.[Cl][Zr][Cl]. The average Bonchev–Trinajstić information content (AvgIpc) is 3.72. The van der Waals surface area contributed by atoms with Crippen molar-refractivity contribution in [1.82, 2.24) is 0 Å². The summed E-state index contributed by atoms with van der Waals surface area (Å²) in [6.45, 7) is 18.2. The Morgan fingerprint density at radius 3 is 1.21 bits per heavy atom. The zero-order chi connectivity index (χ0) is 34.3. The molecule has 6 aromatic carbocycles. The number of aryl methyl sites for hydroxylation is 6. The molecule has 47 heavy (non-hydrogen) atoms. The van der Waals surface area contributed by atoms with Crippen molar-refractivity contribution in [3.05, 3.63) is 137 Å². The third-order valence-electron chi connectivity index (χ3n) is 8.69. The summed E-state index contributed by atoms with van der Waals surface area (Å²) in [6, 6.07) is 36.3. The fraction of sp³-hybridized carbons (Fsp3) is 0.295. The summed E-state index contributed by atoms with van der Waals surface area (Å²) in [4.78, 5) is 0. The van der Waals surface area contributed by atoms with Gasteiger partial charge in [-0.1, -0.05) is 136 Å². The van der Waals surface area contributed by atoms with E-state index >= 15 is 0 Å². The number of fused-ring (bicyclic) bond motifs is 2. The molecule has 0 saturated carbocycles. The fourth-order valence-corrected chi connectivity index (χ4v) is 6.03. The summed E-state index contributed by atoms with van der Waals surface area (Å²) in [7, 11) is 9.87. The Labute approximate surface area is 303 Å². The molecule has 0 aliphatic carbocycles. The van der Waals surface area contributed by atoms with Crippen LogP contribution in [0.3, 0.4) is 0 Å². The van der Waals surface area contributed by atoms with E-state index < -0.39 is 20.8 Å².